The van der Waals surface area contributed by atoms with Crippen molar-refractivity contribution < 1.29 is 4.74 Å². The second-order valence-electron chi connectivity index (χ2n) is 8.02. The Morgan fingerprint density at radius 3 is 2.50 bits per heavy atom. The molecule has 1 fully saturated rings. The van der Waals surface area contributed by atoms with Gasteiger partial charge in [0.05, 0.1) is 19.7 Å². The zero-order chi connectivity index (χ0) is 22.1. The van der Waals surface area contributed by atoms with Crippen molar-refractivity contribution in [3.63, 3.8) is 0 Å². The quantitative estimate of drug-likeness (QED) is 0.281. The molecule has 2 aromatic rings. The molecule has 1 saturated heterocycles. The number of halogens is 1. The van der Waals surface area contributed by atoms with Gasteiger partial charge in [-0.3, -0.25) is 4.90 Å². The normalized spacial score (nSPS) is 15.1. The number of rotatable bonds is 9. The molecule has 0 saturated carbocycles. The number of anilines is 1. The van der Waals surface area contributed by atoms with E-state index in [2.05, 4.69) is 45.6 Å². The van der Waals surface area contributed by atoms with Gasteiger partial charge in [-0.2, -0.15) is 0 Å². The van der Waals surface area contributed by atoms with Gasteiger partial charge in [0.1, 0.15) is 11.6 Å². The molecule has 176 valence electrons. The molecule has 3 rings (SSSR count). The van der Waals surface area contributed by atoms with E-state index in [4.69, 9.17) is 9.73 Å². The fraction of sp³-hybridized carbons (Fsp3) is 0.500. The van der Waals surface area contributed by atoms with E-state index >= 15 is 0 Å². The number of methoxy groups -OCH3 is 1. The topological polar surface area (TPSA) is 65.0 Å². The second-order valence-corrected chi connectivity index (χ2v) is 8.02. The van der Waals surface area contributed by atoms with Gasteiger partial charge in [-0.25, -0.2) is 9.98 Å². The fourth-order valence-electron chi connectivity index (χ4n) is 3.85. The van der Waals surface area contributed by atoms with Crippen molar-refractivity contribution in [1.82, 2.24) is 20.5 Å². The van der Waals surface area contributed by atoms with E-state index in [1.807, 2.05) is 43.4 Å². The highest BCUT2D eigenvalue weighted by molar-refractivity contribution is 14.0. The largest absolute Gasteiger partial charge is 0.497 e. The molecule has 0 radical (unpaired) electrons. The van der Waals surface area contributed by atoms with Gasteiger partial charge in [-0.1, -0.05) is 12.1 Å². The summed E-state index contributed by atoms with van der Waals surface area (Å²) in [5.41, 5.74) is 2.44. The van der Waals surface area contributed by atoms with E-state index in [-0.39, 0.29) is 24.0 Å². The lowest BCUT2D eigenvalue weighted by molar-refractivity contribution is 0.245. The average Bonchev–Trinajstić information content (AvgIpc) is 3.32. The number of nitrogens with one attached hydrogen (secondary N) is 2. The van der Waals surface area contributed by atoms with Crippen LogP contribution in [0.2, 0.25) is 0 Å². The fourth-order valence-corrected chi connectivity index (χ4v) is 3.85. The molecule has 0 spiro atoms. The first kappa shape index (κ1) is 26.2. The summed E-state index contributed by atoms with van der Waals surface area (Å²) in [5.74, 6) is 2.67. The van der Waals surface area contributed by atoms with Gasteiger partial charge < -0.3 is 20.3 Å². The lowest BCUT2D eigenvalue weighted by Crippen LogP contribution is -2.42. The number of aromatic nitrogens is 1. The summed E-state index contributed by atoms with van der Waals surface area (Å²) in [5, 5.41) is 6.95. The molecule has 0 amide bonds. The number of hydrogen-bond acceptors (Lipinski definition) is 5. The maximum absolute atomic E-state index is 5.34. The SMILES string of the molecule is CCNC(=NCc1ccnc(N(C)C)c1)NCC(c1ccc(OC)cc1)N1CCCC1.I. The van der Waals surface area contributed by atoms with Crippen LogP contribution in [-0.4, -0.2) is 63.2 Å². The van der Waals surface area contributed by atoms with Crippen molar-refractivity contribution in [3.05, 3.63) is 53.7 Å². The minimum absolute atomic E-state index is 0. The highest BCUT2D eigenvalue weighted by atomic mass is 127. The Morgan fingerprint density at radius 1 is 1.16 bits per heavy atom. The molecule has 0 aliphatic carbocycles. The van der Waals surface area contributed by atoms with Crippen LogP contribution in [0.1, 0.15) is 36.9 Å². The van der Waals surface area contributed by atoms with Crippen LogP contribution in [0.4, 0.5) is 5.82 Å². The highest BCUT2D eigenvalue weighted by Crippen LogP contribution is 2.26. The van der Waals surface area contributed by atoms with Crippen molar-refractivity contribution in [2.45, 2.75) is 32.4 Å². The first-order valence-electron chi connectivity index (χ1n) is 11.1. The number of likely N-dealkylation sites (tertiary alicyclic amines) is 1. The summed E-state index contributed by atoms with van der Waals surface area (Å²) in [6, 6.07) is 12.8. The van der Waals surface area contributed by atoms with Crippen LogP contribution >= 0.6 is 24.0 Å². The third kappa shape index (κ3) is 7.51. The molecule has 1 aromatic carbocycles. The van der Waals surface area contributed by atoms with E-state index in [1.54, 1.807) is 7.11 Å². The minimum atomic E-state index is 0. The molecule has 0 bridgehead atoms. The first-order valence-corrected chi connectivity index (χ1v) is 11.1. The Labute approximate surface area is 209 Å². The Bertz CT molecular complexity index is 837. The van der Waals surface area contributed by atoms with Crippen LogP contribution in [0.25, 0.3) is 0 Å². The minimum Gasteiger partial charge on any atom is -0.497 e. The summed E-state index contributed by atoms with van der Waals surface area (Å²) in [7, 11) is 5.70. The van der Waals surface area contributed by atoms with Gasteiger partial charge in [0.2, 0.25) is 0 Å². The molecular formula is C24H37IN6O. The number of ether oxygens (including phenoxy) is 1. The van der Waals surface area contributed by atoms with E-state index in [0.29, 0.717) is 12.6 Å². The van der Waals surface area contributed by atoms with E-state index < -0.39 is 0 Å². The number of aliphatic imine (C=N–C) groups is 1. The number of benzene rings is 1. The van der Waals surface area contributed by atoms with Gasteiger partial charge in [-0.15, -0.1) is 24.0 Å². The number of nitrogens with zero attached hydrogens (tertiary/aromatic N) is 4. The second kappa shape index (κ2) is 13.5. The van der Waals surface area contributed by atoms with Crippen LogP contribution in [0.15, 0.2) is 47.6 Å². The smallest absolute Gasteiger partial charge is 0.191 e. The maximum atomic E-state index is 5.34. The molecule has 2 heterocycles. The summed E-state index contributed by atoms with van der Waals surface area (Å²) in [6.45, 7) is 6.59. The van der Waals surface area contributed by atoms with E-state index in [1.165, 1.54) is 18.4 Å². The van der Waals surface area contributed by atoms with Crippen molar-refractivity contribution in [2.75, 3.05) is 52.3 Å². The van der Waals surface area contributed by atoms with Gasteiger partial charge >= 0.3 is 0 Å². The highest BCUT2D eigenvalue weighted by Gasteiger charge is 2.23. The third-order valence-corrected chi connectivity index (χ3v) is 5.58. The zero-order valence-electron chi connectivity index (χ0n) is 19.7. The molecule has 1 aromatic heterocycles. The predicted octanol–water partition coefficient (Wildman–Crippen LogP) is 3.67. The number of guanidine groups is 1. The molecule has 1 aliphatic rings. The lowest BCUT2D eigenvalue weighted by Gasteiger charge is -2.29. The van der Waals surface area contributed by atoms with Crippen molar-refractivity contribution in [3.8, 4) is 5.75 Å². The monoisotopic (exact) mass is 552 g/mol. The molecule has 1 unspecified atom stereocenters. The molecule has 1 aliphatic heterocycles. The van der Waals surface area contributed by atoms with Gasteiger partial charge in [0, 0.05) is 33.4 Å². The van der Waals surface area contributed by atoms with Gasteiger partial charge in [0.15, 0.2) is 5.96 Å². The first-order chi connectivity index (χ1) is 15.1. The third-order valence-electron chi connectivity index (χ3n) is 5.58. The Morgan fingerprint density at radius 2 is 1.88 bits per heavy atom. The molecular weight excluding hydrogens is 515 g/mol. The standard InChI is InChI=1S/C24H36N6O.HI/c1-5-25-24(27-17-19-12-13-26-23(16-19)29(2)3)28-18-22(30-14-6-7-15-30)20-8-10-21(31-4)11-9-20;/h8-13,16,22H,5-7,14-15,17-18H2,1-4H3,(H2,25,27,28);1H. The lowest BCUT2D eigenvalue weighted by atomic mass is 10.1. The van der Waals surface area contributed by atoms with Crippen LogP contribution in [0.5, 0.6) is 5.75 Å². The Hall–Kier alpha value is -2.07. The Balaban J connectivity index is 0.00000363. The van der Waals surface area contributed by atoms with Crippen molar-refractivity contribution in [2.24, 2.45) is 4.99 Å². The van der Waals surface area contributed by atoms with Gasteiger partial charge in [-0.05, 0) is 68.2 Å². The molecule has 8 heteroatoms. The summed E-state index contributed by atoms with van der Waals surface area (Å²) in [6.07, 6.45) is 4.36. The predicted molar refractivity (Wildman–Crippen MR) is 143 cm³/mol. The van der Waals surface area contributed by atoms with Crippen molar-refractivity contribution in [1.29, 1.82) is 0 Å². The van der Waals surface area contributed by atoms with Crippen LogP contribution in [-0.2, 0) is 6.54 Å². The average molecular weight is 553 g/mol. The van der Waals surface area contributed by atoms with E-state index in [9.17, 15) is 0 Å². The molecule has 2 N–H and O–H groups in total. The number of hydrogen-bond donors (Lipinski definition) is 2. The summed E-state index contributed by atoms with van der Waals surface area (Å²) < 4.78 is 5.34. The Kier molecular flexibility index (Phi) is 11.0. The molecule has 32 heavy (non-hydrogen) atoms. The van der Waals surface area contributed by atoms with Crippen molar-refractivity contribution >= 4 is 35.8 Å². The zero-order valence-corrected chi connectivity index (χ0v) is 22.0. The van der Waals surface area contributed by atoms with Gasteiger partial charge in [0.25, 0.3) is 0 Å². The summed E-state index contributed by atoms with van der Waals surface area (Å²) in [4.78, 5) is 13.8. The number of pyridine rings is 1. The van der Waals surface area contributed by atoms with E-state index in [0.717, 1.165) is 49.3 Å². The maximum Gasteiger partial charge on any atom is 0.191 e. The van der Waals surface area contributed by atoms with Crippen LogP contribution in [0, 0.1) is 0 Å². The van der Waals surface area contributed by atoms with Crippen LogP contribution < -0.4 is 20.3 Å². The van der Waals surface area contributed by atoms with Crippen LogP contribution in [0.3, 0.4) is 0 Å². The summed E-state index contributed by atoms with van der Waals surface area (Å²) >= 11 is 0. The molecule has 7 nitrogen and oxygen atoms in total. The molecule has 1 atom stereocenters.